The molecule has 3 nitrogen and oxygen atoms in total. The second-order valence-electron chi connectivity index (χ2n) is 12.1. The van der Waals surface area contributed by atoms with Gasteiger partial charge in [-0.15, -0.1) is 11.3 Å². The standard InChI is InChI=1S/C45H29N3S/c1-3-11-30(12-4-1)31-21-23-33(24-22-31)44-46-43(32-13-5-2-6-14-32)47-45(48-44)38-18-10-17-36(28-38)34-15-9-16-35(27-34)37-25-26-42-40(29-37)39-19-7-8-20-41(39)49-42/h1-29H. The lowest BCUT2D eigenvalue weighted by atomic mass is 9.97. The average Bonchev–Trinajstić information content (AvgIpc) is 3.57. The van der Waals surface area contributed by atoms with Crippen LogP contribution in [-0.4, -0.2) is 15.0 Å². The molecule has 0 unspecified atom stereocenters. The number of nitrogens with zero attached hydrogens (tertiary/aromatic N) is 3. The summed E-state index contributed by atoms with van der Waals surface area (Å²) in [5.74, 6) is 1.94. The Labute approximate surface area is 288 Å². The largest absolute Gasteiger partial charge is 0.208 e. The molecule has 0 saturated carbocycles. The molecule has 2 heterocycles. The fourth-order valence-electron chi connectivity index (χ4n) is 6.41. The summed E-state index contributed by atoms with van der Waals surface area (Å²) in [5, 5.41) is 2.62. The van der Waals surface area contributed by atoms with E-state index in [0.717, 1.165) is 33.4 Å². The van der Waals surface area contributed by atoms with E-state index in [0.29, 0.717) is 17.5 Å². The Bertz CT molecular complexity index is 2590. The summed E-state index contributed by atoms with van der Waals surface area (Å²) in [4.78, 5) is 15.0. The van der Waals surface area contributed by atoms with Crippen LogP contribution in [0, 0.1) is 0 Å². The molecule has 0 saturated heterocycles. The highest BCUT2D eigenvalue weighted by atomic mass is 32.1. The summed E-state index contributed by atoms with van der Waals surface area (Å²) in [7, 11) is 0. The third kappa shape index (κ3) is 5.69. The molecular weight excluding hydrogens is 615 g/mol. The highest BCUT2D eigenvalue weighted by Crippen LogP contribution is 2.37. The van der Waals surface area contributed by atoms with E-state index in [-0.39, 0.29) is 0 Å². The maximum atomic E-state index is 5.03. The van der Waals surface area contributed by atoms with E-state index < -0.39 is 0 Å². The molecule has 9 rings (SSSR count). The second kappa shape index (κ2) is 12.4. The summed E-state index contributed by atoms with van der Waals surface area (Å²) >= 11 is 1.85. The van der Waals surface area contributed by atoms with Gasteiger partial charge in [0.1, 0.15) is 0 Å². The summed E-state index contributed by atoms with van der Waals surface area (Å²) in [6.45, 7) is 0. The second-order valence-corrected chi connectivity index (χ2v) is 13.2. The van der Waals surface area contributed by atoms with Crippen molar-refractivity contribution < 1.29 is 0 Å². The van der Waals surface area contributed by atoms with Gasteiger partial charge in [0.15, 0.2) is 17.5 Å². The Morgan fingerprint density at radius 1 is 0.265 bits per heavy atom. The average molecular weight is 644 g/mol. The molecule has 0 bridgehead atoms. The summed E-state index contributed by atoms with van der Waals surface area (Å²) in [6.07, 6.45) is 0. The lowest BCUT2D eigenvalue weighted by molar-refractivity contribution is 1.07. The van der Waals surface area contributed by atoms with E-state index in [2.05, 4.69) is 140 Å². The van der Waals surface area contributed by atoms with Crippen molar-refractivity contribution in [3.63, 3.8) is 0 Å². The molecule has 0 radical (unpaired) electrons. The zero-order chi connectivity index (χ0) is 32.6. The molecule has 4 heteroatoms. The fourth-order valence-corrected chi connectivity index (χ4v) is 7.50. The molecule has 9 aromatic rings. The molecule has 2 aromatic heterocycles. The topological polar surface area (TPSA) is 38.7 Å². The van der Waals surface area contributed by atoms with Gasteiger partial charge in [-0.2, -0.15) is 0 Å². The molecule has 0 aliphatic rings. The van der Waals surface area contributed by atoms with Crippen molar-refractivity contribution in [1.82, 2.24) is 15.0 Å². The first-order valence-electron chi connectivity index (χ1n) is 16.4. The number of fused-ring (bicyclic) bond motifs is 3. The van der Waals surface area contributed by atoms with Gasteiger partial charge in [-0.05, 0) is 63.7 Å². The van der Waals surface area contributed by atoms with Gasteiger partial charge in [-0.3, -0.25) is 0 Å². The van der Waals surface area contributed by atoms with Gasteiger partial charge in [0.05, 0.1) is 0 Å². The Morgan fingerprint density at radius 3 is 1.35 bits per heavy atom. The van der Waals surface area contributed by atoms with Crippen LogP contribution in [0.3, 0.4) is 0 Å². The molecule has 0 N–H and O–H groups in total. The van der Waals surface area contributed by atoms with Crippen molar-refractivity contribution in [2.24, 2.45) is 0 Å². The van der Waals surface area contributed by atoms with Crippen molar-refractivity contribution in [3.05, 3.63) is 176 Å². The number of aromatic nitrogens is 3. The van der Waals surface area contributed by atoms with Gasteiger partial charge in [0, 0.05) is 36.9 Å². The maximum Gasteiger partial charge on any atom is 0.164 e. The number of benzene rings is 7. The smallest absolute Gasteiger partial charge is 0.164 e. The fraction of sp³-hybridized carbons (Fsp3) is 0. The van der Waals surface area contributed by atoms with Gasteiger partial charge in [0.25, 0.3) is 0 Å². The van der Waals surface area contributed by atoms with Gasteiger partial charge < -0.3 is 0 Å². The minimum atomic E-state index is 0.642. The quantitative estimate of drug-likeness (QED) is 0.181. The van der Waals surface area contributed by atoms with Crippen molar-refractivity contribution in [3.8, 4) is 67.5 Å². The van der Waals surface area contributed by atoms with Gasteiger partial charge in [0.2, 0.25) is 0 Å². The first-order valence-corrected chi connectivity index (χ1v) is 17.2. The van der Waals surface area contributed by atoms with Crippen molar-refractivity contribution in [2.75, 3.05) is 0 Å². The number of hydrogen-bond acceptors (Lipinski definition) is 4. The van der Waals surface area contributed by atoms with Gasteiger partial charge in [-0.25, -0.2) is 15.0 Å². The zero-order valence-electron chi connectivity index (χ0n) is 26.5. The van der Waals surface area contributed by atoms with Crippen LogP contribution in [0.4, 0.5) is 0 Å². The lowest BCUT2D eigenvalue weighted by Crippen LogP contribution is -2.00. The van der Waals surface area contributed by atoms with E-state index in [9.17, 15) is 0 Å². The lowest BCUT2D eigenvalue weighted by Gasteiger charge is -2.11. The minimum Gasteiger partial charge on any atom is -0.208 e. The van der Waals surface area contributed by atoms with Crippen LogP contribution in [0.2, 0.25) is 0 Å². The van der Waals surface area contributed by atoms with Crippen LogP contribution in [-0.2, 0) is 0 Å². The van der Waals surface area contributed by atoms with Crippen LogP contribution < -0.4 is 0 Å². The Morgan fingerprint density at radius 2 is 0.673 bits per heavy atom. The van der Waals surface area contributed by atoms with Crippen LogP contribution in [0.5, 0.6) is 0 Å². The summed E-state index contributed by atoms with van der Waals surface area (Å²) in [5.41, 5.74) is 9.82. The molecule has 0 spiro atoms. The van der Waals surface area contributed by atoms with E-state index in [1.165, 1.54) is 36.9 Å². The molecule has 0 atom stereocenters. The van der Waals surface area contributed by atoms with E-state index in [1.54, 1.807) is 0 Å². The van der Waals surface area contributed by atoms with E-state index in [4.69, 9.17) is 15.0 Å². The molecule has 0 aliphatic heterocycles. The molecule has 7 aromatic carbocycles. The normalized spacial score (nSPS) is 11.3. The first kappa shape index (κ1) is 29.0. The highest BCUT2D eigenvalue weighted by molar-refractivity contribution is 7.25. The van der Waals surface area contributed by atoms with Crippen LogP contribution in [0.1, 0.15) is 0 Å². The van der Waals surface area contributed by atoms with Crippen molar-refractivity contribution in [2.45, 2.75) is 0 Å². The van der Waals surface area contributed by atoms with Crippen LogP contribution in [0.25, 0.3) is 87.7 Å². The monoisotopic (exact) mass is 643 g/mol. The van der Waals surface area contributed by atoms with Crippen molar-refractivity contribution >= 4 is 31.5 Å². The van der Waals surface area contributed by atoms with E-state index in [1.807, 2.05) is 47.7 Å². The number of hydrogen-bond donors (Lipinski definition) is 0. The number of thiophene rings is 1. The SMILES string of the molecule is c1ccc(-c2ccc(-c3nc(-c4ccccc4)nc(-c4cccc(-c5cccc(-c6ccc7sc8ccccc8c7c6)c5)c4)n3)cc2)cc1. The van der Waals surface area contributed by atoms with E-state index >= 15 is 0 Å². The third-order valence-corrected chi connectivity index (χ3v) is 10.1. The molecular formula is C45H29N3S. The first-order chi connectivity index (χ1) is 24.2. The predicted molar refractivity (Wildman–Crippen MR) is 205 cm³/mol. The summed E-state index contributed by atoms with van der Waals surface area (Å²) in [6, 6.07) is 61.7. The maximum absolute atomic E-state index is 5.03. The zero-order valence-corrected chi connectivity index (χ0v) is 27.3. The molecule has 230 valence electrons. The van der Waals surface area contributed by atoms with Crippen molar-refractivity contribution in [1.29, 1.82) is 0 Å². The minimum absolute atomic E-state index is 0.642. The predicted octanol–water partition coefficient (Wildman–Crippen LogP) is 12.2. The summed E-state index contributed by atoms with van der Waals surface area (Å²) < 4.78 is 2.63. The molecule has 0 fully saturated rings. The van der Waals surface area contributed by atoms with Crippen LogP contribution >= 0.6 is 11.3 Å². The van der Waals surface area contributed by atoms with Crippen LogP contribution in [0.15, 0.2) is 176 Å². The van der Waals surface area contributed by atoms with Gasteiger partial charge in [-0.1, -0.05) is 146 Å². The van der Waals surface area contributed by atoms with Gasteiger partial charge >= 0.3 is 0 Å². The molecule has 49 heavy (non-hydrogen) atoms. The highest BCUT2D eigenvalue weighted by Gasteiger charge is 2.14. The number of rotatable bonds is 6. The Hall–Kier alpha value is -6.23. The Kier molecular flexibility index (Phi) is 7.34. The molecule has 0 aliphatic carbocycles. The third-order valence-electron chi connectivity index (χ3n) is 8.94. The molecule has 0 amide bonds. The Balaban J connectivity index is 1.10.